The van der Waals surface area contributed by atoms with Gasteiger partial charge in [0.1, 0.15) is 17.8 Å². The van der Waals surface area contributed by atoms with Crippen molar-refractivity contribution in [3.05, 3.63) is 18.7 Å². The zero-order valence-electron chi connectivity index (χ0n) is 7.98. The highest BCUT2D eigenvalue weighted by Gasteiger charge is 2.61. The van der Waals surface area contributed by atoms with Crippen LogP contribution in [0.5, 0.6) is 0 Å². The van der Waals surface area contributed by atoms with Crippen LogP contribution >= 0.6 is 0 Å². The molecule has 4 atom stereocenters. The molecule has 2 aliphatic heterocycles. The van der Waals surface area contributed by atoms with E-state index in [9.17, 15) is 10.2 Å². The zero-order chi connectivity index (χ0) is 10.5. The Hall–Kier alpha value is -0.950. The van der Waals surface area contributed by atoms with Crippen LogP contribution in [0.4, 0.5) is 0 Å². The summed E-state index contributed by atoms with van der Waals surface area (Å²) in [5, 5.41) is 19.1. The summed E-state index contributed by atoms with van der Waals surface area (Å²) in [6.07, 6.45) is 3.37. The monoisotopic (exact) mass is 212 g/mol. The largest absolute Gasteiger partial charge is 0.393 e. The quantitative estimate of drug-likeness (QED) is 0.651. The van der Waals surface area contributed by atoms with Crippen LogP contribution < -0.4 is 0 Å². The zero-order valence-corrected chi connectivity index (χ0v) is 7.98. The summed E-state index contributed by atoms with van der Waals surface area (Å²) in [6.45, 7) is -0.00358. The predicted molar refractivity (Wildman–Crippen MR) is 47.9 cm³/mol. The standard InChI is InChI=1S/C9H12N2O4/c12-3-9-4-14-6(7(9)13)8(15-9)11-2-1-10-5-11/h1-2,5-8,12-13H,3-4H2/t6?,7-,8-,9+/m1/s1. The fourth-order valence-electron chi connectivity index (χ4n) is 2.19. The second-order valence-corrected chi connectivity index (χ2v) is 3.96. The van der Waals surface area contributed by atoms with Crippen LogP contribution in [0.25, 0.3) is 0 Å². The Morgan fingerprint density at radius 1 is 1.60 bits per heavy atom. The molecule has 0 spiro atoms. The third-order valence-corrected chi connectivity index (χ3v) is 3.09. The maximum absolute atomic E-state index is 9.90. The van der Waals surface area contributed by atoms with Gasteiger partial charge in [-0.3, -0.25) is 0 Å². The van der Waals surface area contributed by atoms with Gasteiger partial charge in [0.05, 0.1) is 19.5 Å². The van der Waals surface area contributed by atoms with Crippen molar-refractivity contribution in [1.29, 1.82) is 0 Å². The Kier molecular flexibility index (Phi) is 1.87. The van der Waals surface area contributed by atoms with Crippen molar-refractivity contribution in [1.82, 2.24) is 9.55 Å². The SMILES string of the molecule is OC[C@@]12COC([C@H](n3ccnc3)O1)[C@H]2O. The molecule has 0 radical (unpaired) electrons. The molecule has 3 heterocycles. The molecule has 0 saturated carbocycles. The van der Waals surface area contributed by atoms with E-state index < -0.39 is 24.0 Å². The summed E-state index contributed by atoms with van der Waals surface area (Å²) < 4.78 is 12.8. The molecule has 6 heteroatoms. The minimum absolute atomic E-state index is 0.237. The fraction of sp³-hybridized carbons (Fsp3) is 0.667. The number of imidazole rings is 1. The first-order chi connectivity index (χ1) is 7.27. The average molecular weight is 212 g/mol. The summed E-state index contributed by atoms with van der Waals surface area (Å²) in [5.41, 5.74) is -0.959. The molecular formula is C9H12N2O4. The highest BCUT2D eigenvalue weighted by Crippen LogP contribution is 2.44. The molecule has 2 fully saturated rings. The van der Waals surface area contributed by atoms with Crippen molar-refractivity contribution in [3.8, 4) is 0 Å². The Balaban J connectivity index is 1.92. The van der Waals surface area contributed by atoms with E-state index in [0.29, 0.717) is 0 Å². The second kappa shape index (κ2) is 3.02. The molecule has 2 saturated heterocycles. The first-order valence-electron chi connectivity index (χ1n) is 4.83. The molecule has 15 heavy (non-hydrogen) atoms. The molecule has 2 N–H and O–H groups in total. The van der Waals surface area contributed by atoms with E-state index in [2.05, 4.69) is 4.98 Å². The third-order valence-electron chi connectivity index (χ3n) is 3.09. The molecule has 3 rings (SSSR count). The Morgan fingerprint density at radius 2 is 2.47 bits per heavy atom. The summed E-state index contributed by atoms with van der Waals surface area (Å²) >= 11 is 0. The van der Waals surface area contributed by atoms with Crippen molar-refractivity contribution in [2.75, 3.05) is 13.2 Å². The van der Waals surface area contributed by atoms with Crippen LogP contribution in [0.3, 0.4) is 0 Å². The van der Waals surface area contributed by atoms with Gasteiger partial charge in [0, 0.05) is 12.4 Å². The predicted octanol–water partition coefficient (Wildman–Crippen LogP) is -1.10. The highest BCUT2D eigenvalue weighted by atomic mass is 16.7. The molecule has 1 aromatic heterocycles. The van der Waals surface area contributed by atoms with Gasteiger partial charge in [-0.1, -0.05) is 0 Å². The molecule has 0 aromatic carbocycles. The fourth-order valence-corrected chi connectivity index (χ4v) is 2.19. The van der Waals surface area contributed by atoms with Gasteiger partial charge in [-0.15, -0.1) is 0 Å². The van der Waals surface area contributed by atoms with Crippen molar-refractivity contribution < 1.29 is 19.7 Å². The number of aliphatic hydroxyl groups is 2. The number of fused-ring (bicyclic) bond motifs is 2. The number of hydrogen-bond acceptors (Lipinski definition) is 5. The summed E-state index contributed by atoms with van der Waals surface area (Å²) in [5.74, 6) is 0. The van der Waals surface area contributed by atoms with Crippen LogP contribution in [0.1, 0.15) is 6.23 Å². The molecule has 2 bridgehead atoms. The topological polar surface area (TPSA) is 76.7 Å². The molecule has 2 aliphatic rings. The van der Waals surface area contributed by atoms with Crippen molar-refractivity contribution in [2.24, 2.45) is 0 Å². The Bertz CT molecular complexity index is 355. The molecule has 1 aromatic rings. The summed E-state index contributed by atoms with van der Waals surface area (Å²) in [4.78, 5) is 3.91. The summed E-state index contributed by atoms with van der Waals surface area (Å²) in [7, 11) is 0. The van der Waals surface area contributed by atoms with E-state index in [-0.39, 0.29) is 13.2 Å². The number of ether oxygens (including phenoxy) is 2. The van der Waals surface area contributed by atoms with Gasteiger partial charge in [0.2, 0.25) is 0 Å². The van der Waals surface area contributed by atoms with Crippen molar-refractivity contribution in [2.45, 2.75) is 24.0 Å². The number of hydrogen-bond donors (Lipinski definition) is 2. The van der Waals surface area contributed by atoms with E-state index in [1.807, 2.05) is 0 Å². The van der Waals surface area contributed by atoms with Crippen LogP contribution in [-0.4, -0.2) is 50.8 Å². The van der Waals surface area contributed by atoms with Gasteiger partial charge < -0.3 is 24.3 Å². The molecular weight excluding hydrogens is 200 g/mol. The van der Waals surface area contributed by atoms with Gasteiger partial charge in [0.25, 0.3) is 0 Å². The Labute approximate surface area is 86.1 Å². The normalized spacial score (nSPS) is 43.7. The van der Waals surface area contributed by atoms with E-state index in [4.69, 9.17) is 9.47 Å². The molecule has 1 unspecified atom stereocenters. The van der Waals surface area contributed by atoms with Gasteiger partial charge >= 0.3 is 0 Å². The lowest BCUT2D eigenvalue weighted by Gasteiger charge is -2.29. The first-order valence-corrected chi connectivity index (χ1v) is 4.83. The van der Waals surface area contributed by atoms with Crippen molar-refractivity contribution >= 4 is 0 Å². The minimum Gasteiger partial charge on any atom is -0.393 e. The van der Waals surface area contributed by atoms with Gasteiger partial charge in [0.15, 0.2) is 6.23 Å². The van der Waals surface area contributed by atoms with E-state index in [1.54, 1.807) is 23.3 Å². The lowest BCUT2D eigenvalue weighted by molar-refractivity contribution is -0.186. The van der Waals surface area contributed by atoms with E-state index in [1.165, 1.54) is 0 Å². The third kappa shape index (κ3) is 1.10. The van der Waals surface area contributed by atoms with Gasteiger partial charge in [-0.2, -0.15) is 0 Å². The van der Waals surface area contributed by atoms with E-state index >= 15 is 0 Å². The number of rotatable bonds is 2. The average Bonchev–Trinajstić information content (AvgIpc) is 2.94. The van der Waals surface area contributed by atoms with Gasteiger partial charge in [-0.25, -0.2) is 4.98 Å². The number of aliphatic hydroxyl groups excluding tert-OH is 2. The maximum atomic E-state index is 9.90. The maximum Gasteiger partial charge on any atom is 0.164 e. The van der Waals surface area contributed by atoms with Crippen LogP contribution in [-0.2, 0) is 9.47 Å². The lowest BCUT2D eigenvalue weighted by Crippen LogP contribution is -2.44. The molecule has 0 amide bonds. The molecule has 0 aliphatic carbocycles. The van der Waals surface area contributed by atoms with Crippen LogP contribution in [0, 0.1) is 0 Å². The van der Waals surface area contributed by atoms with Crippen molar-refractivity contribution in [3.63, 3.8) is 0 Å². The van der Waals surface area contributed by atoms with E-state index in [0.717, 1.165) is 0 Å². The number of nitrogens with zero attached hydrogens (tertiary/aromatic N) is 2. The first kappa shape index (κ1) is 9.29. The highest BCUT2D eigenvalue weighted by molar-refractivity contribution is 5.07. The number of aromatic nitrogens is 2. The minimum atomic E-state index is -0.959. The van der Waals surface area contributed by atoms with Crippen LogP contribution in [0.2, 0.25) is 0 Å². The van der Waals surface area contributed by atoms with Gasteiger partial charge in [-0.05, 0) is 0 Å². The van der Waals surface area contributed by atoms with Crippen LogP contribution in [0.15, 0.2) is 18.7 Å². The molecule has 6 nitrogen and oxygen atoms in total. The smallest absolute Gasteiger partial charge is 0.164 e. The second-order valence-electron chi connectivity index (χ2n) is 3.96. The molecule has 82 valence electrons. The summed E-state index contributed by atoms with van der Waals surface area (Å²) in [6, 6.07) is 0. The lowest BCUT2D eigenvalue weighted by atomic mass is 10.0. The Morgan fingerprint density at radius 3 is 3.07 bits per heavy atom.